The van der Waals surface area contributed by atoms with E-state index in [1.807, 2.05) is 0 Å². The van der Waals surface area contributed by atoms with Crippen LogP contribution in [0.25, 0.3) is 0 Å². The molecule has 2 nitrogen and oxygen atoms in total. The summed E-state index contributed by atoms with van der Waals surface area (Å²) >= 11 is 0. The van der Waals surface area contributed by atoms with Crippen LogP contribution in [0.3, 0.4) is 0 Å². The first-order chi connectivity index (χ1) is 8.22. The van der Waals surface area contributed by atoms with Crippen molar-refractivity contribution >= 4 is 5.69 Å². The zero-order valence-corrected chi connectivity index (χ0v) is 12.6. The smallest absolute Gasteiger partial charge is 0.0724 e. The first kappa shape index (κ1) is 15.0. The van der Waals surface area contributed by atoms with Gasteiger partial charge in [-0.15, -0.1) is 0 Å². The maximum absolute atomic E-state index is 5.89. The van der Waals surface area contributed by atoms with Crippen molar-refractivity contribution in [2.45, 2.75) is 65.7 Å². The van der Waals surface area contributed by atoms with E-state index in [9.17, 15) is 0 Å². The van der Waals surface area contributed by atoms with E-state index in [0.717, 1.165) is 12.1 Å². The van der Waals surface area contributed by atoms with Gasteiger partial charge in [0.15, 0.2) is 0 Å². The monoisotopic (exact) mass is 249 g/mol. The Kier molecular flexibility index (Phi) is 4.80. The molecule has 18 heavy (non-hydrogen) atoms. The van der Waals surface area contributed by atoms with E-state index in [0.29, 0.717) is 6.61 Å². The highest BCUT2D eigenvalue weighted by Gasteiger charge is 2.15. The van der Waals surface area contributed by atoms with Gasteiger partial charge in [-0.3, -0.25) is 0 Å². The Hall–Kier alpha value is -1.02. The first-order valence-electron chi connectivity index (χ1n) is 6.73. The summed E-state index contributed by atoms with van der Waals surface area (Å²) in [6.45, 7) is 13.6. The highest BCUT2D eigenvalue weighted by Crippen LogP contribution is 2.19. The fourth-order valence-electron chi connectivity index (χ4n) is 1.50. The summed E-state index contributed by atoms with van der Waals surface area (Å²) in [5, 5.41) is 3.45. The maximum atomic E-state index is 5.89. The van der Waals surface area contributed by atoms with Crippen LogP contribution >= 0.6 is 0 Å². The molecular formula is C16H27NO. The molecule has 0 atom stereocenters. The molecule has 0 bridgehead atoms. The van der Waals surface area contributed by atoms with Gasteiger partial charge in [-0.2, -0.15) is 0 Å². The first-order valence-corrected chi connectivity index (χ1v) is 6.73. The van der Waals surface area contributed by atoms with Crippen molar-refractivity contribution in [2.24, 2.45) is 0 Å². The van der Waals surface area contributed by atoms with Crippen LogP contribution in [0.4, 0.5) is 5.69 Å². The molecule has 1 N–H and O–H groups in total. The molecule has 0 saturated heterocycles. The van der Waals surface area contributed by atoms with Crippen molar-refractivity contribution < 1.29 is 4.74 Å². The van der Waals surface area contributed by atoms with Crippen LogP contribution in [0.5, 0.6) is 0 Å². The van der Waals surface area contributed by atoms with Crippen LogP contribution in [0.15, 0.2) is 24.3 Å². The number of anilines is 1. The minimum atomic E-state index is -0.0394. The molecule has 0 aliphatic carbocycles. The molecule has 0 aliphatic rings. The SMILES string of the molecule is CCC(C)(C)OCc1ccc(NC(C)(C)C)cc1. The summed E-state index contributed by atoms with van der Waals surface area (Å²) in [5.41, 5.74) is 2.43. The molecule has 0 aliphatic heterocycles. The second-order valence-electron chi connectivity index (χ2n) is 6.47. The number of ether oxygens (including phenoxy) is 1. The van der Waals surface area contributed by atoms with E-state index >= 15 is 0 Å². The third-order valence-electron chi connectivity index (χ3n) is 2.95. The lowest BCUT2D eigenvalue weighted by atomic mass is 10.1. The van der Waals surface area contributed by atoms with Gasteiger partial charge in [0.25, 0.3) is 0 Å². The molecule has 0 radical (unpaired) electrons. The van der Waals surface area contributed by atoms with E-state index in [1.54, 1.807) is 0 Å². The minimum Gasteiger partial charge on any atom is -0.380 e. The molecule has 0 saturated carbocycles. The van der Waals surface area contributed by atoms with Crippen LogP contribution in [0.1, 0.15) is 53.5 Å². The average Bonchev–Trinajstić information content (AvgIpc) is 2.26. The van der Waals surface area contributed by atoms with Crippen molar-refractivity contribution in [2.75, 3.05) is 5.32 Å². The zero-order chi connectivity index (χ0) is 13.8. The summed E-state index contributed by atoms with van der Waals surface area (Å²) in [6, 6.07) is 8.48. The molecule has 0 amide bonds. The summed E-state index contributed by atoms with van der Waals surface area (Å²) in [4.78, 5) is 0. The van der Waals surface area contributed by atoms with E-state index in [-0.39, 0.29) is 11.1 Å². The maximum Gasteiger partial charge on any atom is 0.0724 e. The van der Waals surface area contributed by atoms with Crippen LogP contribution < -0.4 is 5.32 Å². The van der Waals surface area contributed by atoms with Crippen molar-refractivity contribution in [3.63, 3.8) is 0 Å². The van der Waals surface area contributed by atoms with E-state index in [1.165, 1.54) is 5.56 Å². The molecule has 102 valence electrons. The number of hydrogen-bond acceptors (Lipinski definition) is 2. The van der Waals surface area contributed by atoms with Crippen molar-refractivity contribution in [1.82, 2.24) is 0 Å². The summed E-state index contributed by atoms with van der Waals surface area (Å²) in [7, 11) is 0. The summed E-state index contributed by atoms with van der Waals surface area (Å²) < 4.78 is 5.89. The topological polar surface area (TPSA) is 21.3 Å². The predicted octanol–water partition coefficient (Wildman–Crippen LogP) is 4.60. The summed E-state index contributed by atoms with van der Waals surface area (Å²) in [6.07, 6.45) is 1.02. The zero-order valence-electron chi connectivity index (χ0n) is 12.6. The summed E-state index contributed by atoms with van der Waals surface area (Å²) in [5.74, 6) is 0. The van der Waals surface area contributed by atoms with Crippen LogP contribution in [-0.2, 0) is 11.3 Å². The van der Waals surface area contributed by atoms with Gasteiger partial charge in [-0.25, -0.2) is 0 Å². The number of benzene rings is 1. The van der Waals surface area contributed by atoms with Gasteiger partial charge in [0.05, 0.1) is 12.2 Å². The number of nitrogens with one attached hydrogen (secondary N) is 1. The van der Waals surface area contributed by atoms with Gasteiger partial charge in [0, 0.05) is 11.2 Å². The van der Waals surface area contributed by atoms with Gasteiger partial charge in [0.2, 0.25) is 0 Å². The van der Waals surface area contributed by atoms with Crippen LogP contribution in [-0.4, -0.2) is 11.1 Å². The van der Waals surface area contributed by atoms with Gasteiger partial charge in [-0.1, -0.05) is 19.1 Å². The molecule has 0 fully saturated rings. The van der Waals surface area contributed by atoms with E-state index < -0.39 is 0 Å². The Morgan fingerprint density at radius 2 is 1.56 bits per heavy atom. The van der Waals surface area contributed by atoms with Crippen molar-refractivity contribution in [3.8, 4) is 0 Å². The Labute approximate surface area is 112 Å². The van der Waals surface area contributed by atoms with E-state index in [4.69, 9.17) is 4.74 Å². The van der Waals surface area contributed by atoms with Crippen molar-refractivity contribution in [1.29, 1.82) is 0 Å². The van der Waals surface area contributed by atoms with Crippen molar-refractivity contribution in [3.05, 3.63) is 29.8 Å². The highest BCUT2D eigenvalue weighted by molar-refractivity contribution is 5.46. The second kappa shape index (κ2) is 5.75. The van der Waals surface area contributed by atoms with Crippen LogP contribution in [0, 0.1) is 0 Å². The molecule has 0 heterocycles. The van der Waals surface area contributed by atoms with Crippen LogP contribution in [0.2, 0.25) is 0 Å². The molecule has 1 rings (SSSR count). The van der Waals surface area contributed by atoms with Gasteiger partial charge >= 0.3 is 0 Å². The average molecular weight is 249 g/mol. The third kappa shape index (κ3) is 5.54. The molecule has 0 unspecified atom stereocenters. The Balaban J connectivity index is 2.56. The van der Waals surface area contributed by atoms with E-state index in [2.05, 4.69) is 71.1 Å². The molecule has 0 spiro atoms. The quantitative estimate of drug-likeness (QED) is 0.823. The third-order valence-corrected chi connectivity index (χ3v) is 2.95. The molecule has 2 heteroatoms. The number of rotatable bonds is 5. The van der Waals surface area contributed by atoms with Gasteiger partial charge in [-0.05, 0) is 58.7 Å². The molecule has 1 aromatic carbocycles. The second-order valence-corrected chi connectivity index (χ2v) is 6.47. The van der Waals surface area contributed by atoms with Gasteiger partial charge < -0.3 is 10.1 Å². The fourth-order valence-corrected chi connectivity index (χ4v) is 1.50. The lowest BCUT2D eigenvalue weighted by Gasteiger charge is -2.24. The normalized spacial score (nSPS) is 12.6. The Morgan fingerprint density at radius 1 is 1.00 bits per heavy atom. The lowest BCUT2D eigenvalue weighted by Crippen LogP contribution is -2.26. The number of hydrogen-bond donors (Lipinski definition) is 1. The molecule has 0 aromatic heterocycles. The molecular weight excluding hydrogens is 222 g/mol. The largest absolute Gasteiger partial charge is 0.380 e. The Bertz CT molecular complexity index is 360. The predicted molar refractivity (Wildman–Crippen MR) is 79.0 cm³/mol. The minimum absolute atomic E-state index is 0.0394. The van der Waals surface area contributed by atoms with Gasteiger partial charge in [0.1, 0.15) is 0 Å². The lowest BCUT2D eigenvalue weighted by molar-refractivity contribution is -0.0316. The Morgan fingerprint density at radius 3 is 2.00 bits per heavy atom. The highest BCUT2D eigenvalue weighted by atomic mass is 16.5. The molecule has 1 aromatic rings. The fraction of sp³-hybridized carbons (Fsp3) is 0.625. The standard InChI is InChI=1S/C16H27NO/c1-7-16(5,6)18-12-13-8-10-14(11-9-13)17-15(2,3)4/h8-11,17H,7,12H2,1-6H3.